The molecule has 0 bridgehead atoms. The summed E-state index contributed by atoms with van der Waals surface area (Å²) in [5.74, 6) is 3.54. The fraction of sp³-hybridized carbons (Fsp3) is 0.0921. The normalized spacial score (nSPS) is 9.75. The number of hydrogen-bond donors (Lipinski definition) is 0. The predicted octanol–water partition coefficient (Wildman–Crippen LogP) is 20.0. The van der Waals surface area contributed by atoms with Crippen molar-refractivity contribution >= 4 is 17.3 Å². The molecule has 11 aromatic carbocycles. The van der Waals surface area contributed by atoms with Crippen LogP contribution in [0.4, 0.5) is 0 Å². The molecule has 0 saturated carbocycles. The van der Waals surface area contributed by atoms with E-state index in [1.54, 1.807) is 13.8 Å². The summed E-state index contributed by atoms with van der Waals surface area (Å²) in [6, 6.07) is 106. The highest BCUT2D eigenvalue weighted by Gasteiger charge is 2.22. The first kappa shape index (κ1) is 61.9. The molecule has 0 spiro atoms. The quantitative estimate of drug-likeness (QED) is 0.128. The van der Waals surface area contributed by atoms with Gasteiger partial charge in [-0.25, -0.2) is 0 Å². The van der Waals surface area contributed by atoms with Gasteiger partial charge >= 0.3 is 0 Å². The minimum atomic E-state index is 0.0708. The molecule has 0 atom stereocenters. The van der Waals surface area contributed by atoms with Gasteiger partial charge in [-0.2, -0.15) is 0 Å². The van der Waals surface area contributed by atoms with Gasteiger partial charge in [0.2, 0.25) is 0 Å². The van der Waals surface area contributed by atoms with Gasteiger partial charge in [0.25, 0.3) is 0 Å². The maximum atomic E-state index is 11.8. The Hall–Kier alpha value is -9.97. The molecule has 0 aliphatic heterocycles. The topological polar surface area (TPSA) is 69.7 Å². The second kappa shape index (κ2) is 35.4. The summed E-state index contributed by atoms with van der Waals surface area (Å²) in [6.07, 6.45) is 0. The van der Waals surface area contributed by atoms with Crippen LogP contribution in [0.5, 0.6) is 23.0 Å². The zero-order valence-corrected chi connectivity index (χ0v) is 47.2. The molecule has 0 unspecified atom stereocenters. The van der Waals surface area contributed by atoms with Crippen LogP contribution in [0.3, 0.4) is 0 Å². The van der Waals surface area contributed by atoms with Gasteiger partial charge < -0.3 is 9.47 Å². The highest BCUT2D eigenvalue weighted by molar-refractivity contribution is 6.08. The Labute approximate surface area is 480 Å². The molecule has 0 saturated heterocycles. The maximum Gasteiger partial charge on any atom is 0.193 e. The van der Waals surface area contributed by atoms with E-state index in [0.29, 0.717) is 0 Å². The first-order valence-electron chi connectivity index (χ1n) is 26.9. The minimum absolute atomic E-state index is 0.0708. The summed E-state index contributed by atoms with van der Waals surface area (Å²) in [7, 11) is 0. The number of hydrogen-bond acceptors (Lipinski definition) is 5. The largest absolute Gasteiger partial charge is 0.457 e. The number of para-hydroxylation sites is 2. The minimum Gasteiger partial charge on any atom is -0.457 e. The summed E-state index contributed by atoms with van der Waals surface area (Å²) in [5, 5.41) is 0. The SMILES string of the molecule is CC(=O)c1ccccc1.CC(=O)c1ccccc1.Cc1ccc(C(C)(C)c2ccc(C)cc2)cc1.O=C(c1ccccc1)c1ccccc1.c1ccc(Oc2ccc(Oc3ccccc3)cc2)cc1.c1ccccc1.c1ccccc1. The van der Waals surface area contributed by atoms with Crippen molar-refractivity contribution in [2.75, 3.05) is 0 Å². The molecular formula is C76H72O5. The molecule has 0 aliphatic rings. The summed E-state index contributed by atoms with van der Waals surface area (Å²) in [6.45, 7) is 11.9. The lowest BCUT2D eigenvalue weighted by Crippen LogP contribution is -2.18. The van der Waals surface area contributed by atoms with Crippen LogP contribution in [-0.2, 0) is 5.41 Å². The third kappa shape index (κ3) is 24.1. The van der Waals surface area contributed by atoms with Crippen LogP contribution < -0.4 is 9.47 Å². The summed E-state index contributed by atoms with van der Waals surface area (Å²) >= 11 is 0. The monoisotopic (exact) mass is 1060 g/mol. The maximum absolute atomic E-state index is 11.8. The van der Waals surface area contributed by atoms with Crippen LogP contribution in [0.25, 0.3) is 0 Å². The third-order valence-electron chi connectivity index (χ3n) is 12.1. The van der Waals surface area contributed by atoms with Gasteiger partial charge in [-0.1, -0.05) is 304 Å². The van der Waals surface area contributed by atoms with Gasteiger partial charge in [-0.05, 0) is 87.4 Å². The van der Waals surface area contributed by atoms with Gasteiger partial charge in [0.05, 0.1) is 0 Å². The van der Waals surface area contributed by atoms with Crippen LogP contribution in [0.1, 0.15) is 86.6 Å². The average Bonchev–Trinajstić information content (AvgIpc) is 3.56. The van der Waals surface area contributed by atoms with Gasteiger partial charge in [0.15, 0.2) is 17.3 Å². The Bertz CT molecular complexity index is 3110. The van der Waals surface area contributed by atoms with Gasteiger partial charge in [0, 0.05) is 27.7 Å². The summed E-state index contributed by atoms with van der Waals surface area (Å²) < 4.78 is 11.5. The van der Waals surface area contributed by atoms with Crippen LogP contribution in [0.2, 0.25) is 0 Å². The molecule has 5 heteroatoms. The van der Waals surface area contributed by atoms with Crippen LogP contribution in [0, 0.1) is 13.8 Å². The molecule has 81 heavy (non-hydrogen) atoms. The van der Waals surface area contributed by atoms with Gasteiger partial charge in [-0.15, -0.1) is 0 Å². The molecule has 0 fully saturated rings. The zero-order valence-electron chi connectivity index (χ0n) is 47.2. The molecule has 0 aromatic heterocycles. The number of aryl methyl sites for hydroxylation is 2. The molecule has 11 aromatic rings. The second-order valence-corrected chi connectivity index (χ2v) is 18.9. The number of rotatable bonds is 10. The zero-order chi connectivity index (χ0) is 57.8. The Balaban J connectivity index is 0.000000181. The molecule has 5 nitrogen and oxygen atoms in total. The van der Waals surface area contributed by atoms with Crippen LogP contribution in [0.15, 0.2) is 328 Å². The lowest BCUT2D eigenvalue weighted by molar-refractivity contribution is 0.100. The smallest absolute Gasteiger partial charge is 0.193 e. The first-order chi connectivity index (χ1) is 39.4. The second-order valence-electron chi connectivity index (χ2n) is 18.9. The van der Waals surface area contributed by atoms with Gasteiger partial charge in [0.1, 0.15) is 23.0 Å². The standard InChI is InChI=1S/C18H14O2.C17H20.C13H10O.2C8H8O.2C6H6/c1-3-7-15(8-4-1)19-17-11-13-18(14-12-17)20-16-9-5-2-6-10-16;1-13-5-9-15(10-6-13)17(3,4)16-11-7-14(2)8-12-16;14-13(11-7-3-1-4-8-11)12-9-5-2-6-10-12;2*1-7(9)8-5-3-2-4-6-8;2*1-2-4-6-5-3-1/h1-14H;5-12H,1-4H3;1-10H;2*2-6H,1H3;2*1-6H. The highest BCUT2D eigenvalue weighted by Crippen LogP contribution is 2.32. The van der Waals surface area contributed by atoms with Crippen molar-refractivity contribution in [1.82, 2.24) is 0 Å². The highest BCUT2D eigenvalue weighted by atomic mass is 16.5. The van der Waals surface area contributed by atoms with E-state index in [-0.39, 0.29) is 22.8 Å². The lowest BCUT2D eigenvalue weighted by Gasteiger charge is -2.26. The number of carbonyl (C=O) groups excluding carboxylic acids is 3. The summed E-state index contributed by atoms with van der Waals surface area (Å²) in [4.78, 5) is 33.1. The van der Waals surface area contributed by atoms with E-state index in [2.05, 4.69) is 76.2 Å². The van der Waals surface area contributed by atoms with Gasteiger partial charge in [-0.3, -0.25) is 14.4 Å². The van der Waals surface area contributed by atoms with E-state index in [0.717, 1.165) is 45.3 Å². The van der Waals surface area contributed by atoms with Crippen molar-refractivity contribution in [1.29, 1.82) is 0 Å². The Morgan fingerprint density at radius 1 is 0.259 bits per heavy atom. The number of Topliss-reactive ketones (excluding diaryl/α,β-unsaturated/α-hetero) is 2. The number of carbonyl (C=O) groups is 3. The van der Waals surface area contributed by atoms with Crippen molar-refractivity contribution in [2.24, 2.45) is 0 Å². The van der Waals surface area contributed by atoms with Crippen molar-refractivity contribution in [2.45, 2.75) is 47.0 Å². The lowest BCUT2D eigenvalue weighted by atomic mass is 9.78. The molecule has 11 rings (SSSR count). The number of benzene rings is 11. The molecule has 0 heterocycles. The molecular weight excluding hydrogens is 993 g/mol. The van der Waals surface area contributed by atoms with E-state index in [4.69, 9.17) is 9.47 Å². The van der Waals surface area contributed by atoms with Crippen molar-refractivity contribution < 1.29 is 23.9 Å². The first-order valence-corrected chi connectivity index (χ1v) is 26.9. The van der Waals surface area contributed by atoms with Crippen molar-refractivity contribution in [3.8, 4) is 23.0 Å². The Morgan fingerprint density at radius 2 is 0.457 bits per heavy atom. The van der Waals surface area contributed by atoms with E-state index in [9.17, 15) is 14.4 Å². The Kier molecular flexibility index (Phi) is 27.1. The van der Waals surface area contributed by atoms with Crippen molar-refractivity contribution in [3.05, 3.63) is 372 Å². The third-order valence-corrected chi connectivity index (χ3v) is 12.1. The van der Waals surface area contributed by atoms with Crippen molar-refractivity contribution in [3.63, 3.8) is 0 Å². The molecule has 0 aliphatic carbocycles. The van der Waals surface area contributed by atoms with E-state index in [1.807, 2.05) is 279 Å². The molecule has 0 N–H and O–H groups in total. The molecule has 406 valence electrons. The Morgan fingerprint density at radius 3 is 0.679 bits per heavy atom. The van der Waals surface area contributed by atoms with E-state index < -0.39 is 0 Å². The molecule has 0 radical (unpaired) electrons. The molecule has 0 amide bonds. The average molecular weight is 1070 g/mol. The van der Waals surface area contributed by atoms with Crippen LogP contribution in [-0.4, -0.2) is 17.3 Å². The fourth-order valence-corrected chi connectivity index (χ4v) is 7.39. The predicted molar refractivity (Wildman–Crippen MR) is 336 cm³/mol. The van der Waals surface area contributed by atoms with E-state index >= 15 is 0 Å². The summed E-state index contributed by atoms with van der Waals surface area (Å²) in [5.41, 5.74) is 8.45. The number of ether oxygens (including phenoxy) is 2. The van der Waals surface area contributed by atoms with Crippen LogP contribution >= 0.6 is 0 Å². The number of ketones is 3. The van der Waals surface area contributed by atoms with E-state index in [1.165, 1.54) is 22.3 Å². The fourth-order valence-electron chi connectivity index (χ4n) is 7.39.